The summed E-state index contributed by atoms with van der Waals surface area (Å²) in [5, 5.41) is 13.8. The second-order valence-corrected chi connectivity index (χ2v) is 5.85. The lowest BCUT2D eigenvalue weighted by molar-refractivity contribution is 0.415. The number of aliphatic imine (C=N–C) groups is 1. The molecule has 1 heterocycles. The number of hydrogen-bond donors (Lipinski definition) is 3. The molecule has 3 N–H and O–H groups in total. The molecule has 136 valence electrons. The van der Waals surface area contributed by atoms with Crippen LogP contribution in [0.4, 0.5) is 0 Å². The minimum atomic E-state index is 0. The van der Waals surface area contributed by atoms with Gasteiger partial charge in [0, 0.05) is 18.7 Å². The average molecular weight is 456 g/mol. The van der Waals surface area contributed by atoms with Gasteiger partial charge >= 0.3 is 0 Å². The van der Waals surface area contributed by atoms with E-state index < -0.39 is 0 Å². The van der Waals surface area contributed by atoms with Crippen LogP contribution in [0, 0.1) is 5.92 Å². The number of nitrogens with one attached hydrogen (secondary N) is 3. The summed E-state index contributed by atoms with van der Waals surface area (Å²) in [5.74, 6) is 3.85. The van der Waals surface area contributed by atoms with Gasteiger partial charge in [0.15, 0.2) is 11.8 Å². The maximum absolute atomic E-state index is 5.16. The Morgan fingerprint density at radius 1 is 1.28 bits per heavy atom. The predicted molar refractivity (Wildman–Crippen MR) is 109 cm³/mol. The Labute approximate surface area is 165 Å². The lowest BCUT2D eigenvalue weighted by Gasteiger charge is -2.09. The molecule has 0 bridgehead atoms. The Kier molecular flexibility index (Phi) is 7.48. The van der Waals surface area contributed by atoms with Crippen LogP contribution in [-0.2, 0) is 6.54 Å². The molecule has 0 spiro atoms. The molecule has 25 heavy (non-hydrogen) atoms. The summed E-state index contributed by atoms with van der Waals surface area (Å²) in [4.78, 5) is 9.06. The number of nitrogens with zero attached hydrogens (tertiary/aromatic N) is 3. The van der Waals surface area contributed by atoms with E-state index in [1.54, 1.807) is 7.11 Å². The molecular weight excluding hydrogens is 431 g/mol. The molecule has 0 saturated heterocycles. The number of guanidine groups is 1. The maximum atomic E-state index is 5.16. The van der Waals surface area contributed by atoms with E-state index in [9.17, 15) is 0 Å². The Morgan fingerprint density at radius 3 is 2.68 bits per heavy atom. The van der Waals surface area contributed by atoms with Crippen LogP contribution in [0.3, 0.4) is 0 Å². The van der Waals surface area contributed by atoms with Gasteiger partial charge in [0.1, 0.15) is 18.1 Å². The van der Waals surface area contributed by atoms with Crippen LogP contribution in [0.1, 0.15) is 25.6 Å². The summed E-state index contributed by atoms with van der Waals surface area (Å²) < 4.78 is 5.16. The average Bonchev–Trinajstić information content (AvgIpc) is 3.33. The van der Waals surface area contributed by atoms with Crippen molar-refractivity contribution in [3.05, 3.63) is 30.1 Å². The minimum Gasteiger partial charge on any atom is -0.497 e. The van der Waals surface area contributed by atoms with E-state index in [1.807, 2.05) is 24.3 Å². The van der Waals surface area contributed by atoms with E-state index >= 15 is 0 Å². The topological polar surface area (TPSA) is 87.2 Å². The highest BCUT2D eigenvalue weighted by molar-refractivity contribution is 14.0. The number of methoxy groups -OCH3 is 1. The van der Waals surface area contributed by atoms with Gasteiger partial charge in [-0.25, -0.2) is 9.98 Å². The molecule has 0 radical (unpaired) electrons. The number of aromatic amines is 1. The van der Waals surface area contributed by atoms with Gasteiger partial charge in [-0.2, -0.15) is 5.10 Å². The van der Waals surface area contributed by atoms with Crippen LogP contribution in [0.15, 0.2) is 29.3 Å². The van der Waals surface area contributed by atoms with E-state index in [4.69, 9.17) is 4.74 Å². The summed E-state index contributed by atoms with van der Waals surface area (Å²) >= 11 is 0. The fraction of sp³-hybridized carbons (Fsp3) is 0.471. The Hall–Kier alpha value is -1.84. The highest BCUT2D eigenvalue weighted by Gasteiger charge is 2.21. The largest absolute Gasteiger partial charge is 0.497 e. The number of H-pyrrole nitrogens is 1. The molecule has 1 fully saturated rings. The Morgan fingerprint density at radius 2 is 2.04 bits per heavy atom. The molecular formula is C17H25IN6O. The van der Waals surface area contributed by atoms with Gasteiger partial charge in [-0.15, -0.1) is 24.0 Å². The van der Waals surface area contributed by atoms with Crippen molar-refractivity contribution in [1.29, 1.82) is 0 Å². The summed E-state index contributed by atoms with van der Waals surface area (Å²) in [6.07, 6.45) is 2.64. The third-order valence-electron chi connectivity index (χ3n) is 3.87. The van der Waals surface area contributed by atoms with Crippen molar-refractivity contribution in [3.8, 4) is 17.1 Å². The number of halogens is 1. The second-order valence-electron chi connectivity index (χ2n) is 5.85. The lowest BCUT2D eigenvalue weighted by atomic mass is 10.2. The molecule has 1 aliphatic carbocycles. The first-order valence-corrected chi connectivity index (χ1v) is 8.36. The summed E-state index contributed by atoms with van der Waals surface area (Å²) in [7, 11) is 1.65. The van der Waals surface area contributed by atoms with Gasteiger partial charge in [-0.3, -0.25) is 5.10 Å². The smallest absolute Gasteiger partial charge is 0.191 e. The van der Waals surface area contributed by atoms with Gasteiger partial charge in [0.05, 0.1) is 7.11 Å². The Bertz CT molecular complexity index is 681. The molecule has 8 heteroatoms. The molecule has 1 aromatic carbocycles. The molecule has 0 unspecified atom stereocenters. The fourth-order valence-corrected chi connectivity index (χ4v) is 2.29. The van der Waals surface area contributed by atoms with Gasteiger partial charge in [0.25, 0.3) is 0 Å². The first-order valence-electron chi connectivity index (χ1n) is 8.36. The fourth-order valence-electron chi connectivity index (χ4n) is 2.29. The summed E-state index contributed by atoms with van der Waals surface area (Å²) in [6, 6.07) is 7.68. The molecule has 3 rings (SSSR count). The van der Waals surface area contributed by atoms with Crippen molar-refractivity contribution in [2.24, 2.45) is 10.9 Å². The zero-order valence-electron chi connectivity index (χ0n) is 14.6. The third-order valence-corrected chi connectivity index (χ3v) is 3.87. The first kappa shape index (κ1) is 19.5. The number of benzene rings is 1. The maximum Gasteiger partial charge on any atom is 0.191 e. The third kappa shape index (κ3) is 5.87. The van der Waals surface area contributed by atoms with Crippen LogP contribution in [0.25, 0.3) is 11.4 Å². The number of aromatic nitrogens is 3. The van der Waals surface area contributed by atoms with Crippen molar-refractivity contribution in [2.45, 2.75) is 26.3 Å². The zero-order chi connectivity index (χ0) is 16.8. The van der Waals surface area contributed by atoms with Gasteiger partial charge in [0.2, 0.25) is 0 Å². The van der Waals surface area contributed by atoms with Crippen molar-refractivity contribution >= 4 is 29.9 Å². The van der Waals surface area contributed by atoms with Gasteiger partial charge in [-0.05, 0) is 49.9 Å². The minimum absolute atomic E-state index is 0. The van der Waals surface area contributed by atoms with Gasteiger partial charge < -0.3 is 15.4 Å². The number of rotatable bonds is 7. The van der Waals surface area contributed by atoms with Crippen molar-refractivity contribution in [3.63, 3.8) is 0 Å². The molecule has 0 aliphatic heterocycles. The SMILES string of the molecule is CCNC(=NCc1nc(-c2ccc(OC)cc2)n[nH]1)NCC1CC1.I. The predicted octanol–water partition coefficient (Wildman–Crippen LogP) is 2.56. The highest BCUT2D eigenvalue weighted by Crippen LogP contribution is 2.27. The standard InChI is InChI=1S/C17H24N6O.HI/c1-3-18-17(19-10-12-4-5-12)20-11-15-21-16(23-22-15)13-6-8-14(24-2)9-7-13;/h6-9,12H,3-5,10-11H2,1-2H3,(H2,18,19,20)(H,21,22,23);1H. The summed E-state index contributed by atoms with van der Waals surface area (Å²) in [6.45, 7) is 4.34. The molecule has 2 aromatic rings. The van der Waals surface area contributed by atoms with Crippen molar-refractivity contribution in [1.82, 2.24) is 25.8 Å². The van der Waals surface area contributed by atoms with Gasteiger partial charge in [-0.1, -0.05) is 0 Å². The number of ether oxygens (including phenoxy) is 1. The van der Waals surface area contributed by atoms with Crippen molar-refractivity contribution < 1.29 is 4.74 Å². The summed E-state index contributed by atoms with van der Waals surface area (Å²) in [5.41, 5.74) is 0.945. The number of hydrogen-bond acceptors (Lipinski definition) is 4. The normalized spacial score (nSPS) is 13.9. The van der Waals surface area contributed by atoms with E-state index in [-0.39, 0.29) is 24.0 Å². The van der Waals surface area contributed by atoms with Crippen LogP contribution >= 0.6 is 24.0 Å². The van der Waals surface area contributed by atoms with E-state index in [0.29, 0.717) is 12.4 Å². The quantitative estimate of drug-likeness (QED) is 0.339. The monoisotopic (exact) mass is 456 g/mol. The lowest BCUT2D eigenvalue weighted by Crippen LogP contribution is -2.38. The van der Waals surface area contributed by atoms with Crippen LogP contribution in [0.2, 0.25) is 0 Å². The second kappa shape index (κ2) is 9.59. The molecule has 7 nitrogen and oxygen atoms in total. The molecule has 1 aliphatic rings. The molecule has 1 aromatic heterocycles. The highest BCUT2D eigenvalue weighted by atomic mass is 127. The Balaban J connectivity index is 0.00000225. The van der Waals surface area contributed by atoms with E-state index in [1.165, 1.54) is 12.8 Å². The van der Waals surface area contributed by atoms with E-state index in [0.717, 1.165) is 42.1 Å². The molecule has 0 amide bonds. The van der Waals surface area contributed by atoms with E-state index in [2.05, 4.69) is 37.7 Å². The van der Waals surface area contributed by atoms with Crippen molar-refractivity contribution in [2.75, 3.05) is 20.2 Å². The van der Waals surface area contributed by atoms with Crippen LogP contribution in [-0.4, -0.2) is 41.3 Å². The molecule has 1 saturated carbocycles. The molecule has 0 atom stereocenters. The first-order chi connectivity index (χ1) is 11.8. The zero-order valence-corrected chi connectivity index (χ0v) is 16.9. The van der Waals surface area contributed by atoms with Crippen LogP contribution < -0.4 is 15.4 Å². The van der Waals surface area contributed by atoms with Crippen LogP contribution in [0.5, 0.6) is 5.75 Å².